The molecule has 0 saturated heterocycles. The zero-order valence-electron chi connectivity index (χ0n) is 8.46. The third kappa shape index (κ3) is 1.46. The summed E-state index contributed by atoms with van der Waals surface area (Å²) in [6.07, 6.45) is 5.79. The first kappa shape index (κ1) is 9.85. The lowest BCUT2D eigenvalue weighted by molar-refractivity contribution is 0.791. The molecule has 1 heterocycles. The Hall–Kier alpha value is -0.350. The van der Waals surface area contributed by atoms with Gasteiger partial charge >= 0.3 is 0 Å². The van der Waals surface area contributed by atoms with Gasteiger partial charge in [0.25, 0.3) is 0 Å². The van der Waals surface area contributed by atoms with Gasteiger partial charge in [0, 0.05) is 18.5 Å². The Morgan fingerprint density at radius 3 is 3.13 bits per heavy atom. The van der Waals surface area contributed by atoms with Gasteiger partial charge in [-0.1, -0.05) is 31.2 Å². The molecular formula is C13H11IS. The molecule has 1 aromatic heterocycles. The molecule has 76 valence electrons. The monoisotopic (exact) mass is 326 g/mol. The number of hydrogen-bond donors (Lipinski definition) is 0. The van der Waals surface area contributed by atoms with Crippen LogP contribution in [0.1, 0.15) is 29.7 Å². The zero-order valence-corrected chi connectivity index (χ0v) is 11.4. The Morgan fingerprint density at radius 1 is 1.40 bits per heavy atom. The fourth-order valence-electron chi connectivity index (χ4n) is 2.16. The third-order valence-corrected chi connectivity index (χ3v) is 5.71. The highest BCUT2D eigenvalue weighted by Gasteiger charge is 2.18. The van der Waals surface area contributed by atoms with Crippen LogP contribution < -0.4 is 0 Å². The van der Waals surface area contributed by atoms with E-state index in [2.05, 4.69) is 59.9 Å². The van der Waals surface area contributed by atoms with E-state index in [1.165, 1.54) is 25.6 Å². The summed E-state index contributed by atoms with van der Waals surface area (Å²) in [5.41, 5.74) is 1.47. The summed E-state index contributed by atoms with van der Waals surface area (Å²) in [5.74, 6) is 0.693. The van der Waals surface area contributed by atoms with Gasteiger partial charge in [0.1, 0.15) is 0 Å². The lowest BCUT2D eigenvalue weighted by Gasteiger charge is -2.12. The van der Waals surface area contributed by atoms with E-state index in [0.29, 0.717) is 5.92 Å². The Labute approximate surface area is 107 Å². The molecule has 0 saturated carbocycles. The predicted octanol–water partition coefficient (Wildman–Crippen LogP) is 5.03. The van der Waals surface area contributed by atoms with Gasteiger partial charge in [-0.2, -0.15) is 0 Å². The summed E-state index contributed by atoms with van der Waals surface area (Å²) >= 11 is 4.41. The van der Waals surface area contributed by atoms with Crippen LogP contribution in [0.2, 0.25) is 0 Å². The molecule has 0 fully saturated rings. The van der Waals surface area contributed by atoms with Gasteiger partial charge < -0.3 is 0 Å². The maximum atomic E-state index is 2.43. The SMILES string of the molecule is CC1CC=Cc2c1sc1c(I)cccc21. The van der Waals surface area contributed by atoms with Gasteiger partial charge in [-0.3, -0.25) is 0 Å². The molecule has 15 heavy (non-hydrogen) atoms. The van der Waals surface area contributed by atoms with Crippen LogP contribution in [0.5, 0.6) is 0 Å². The van der Waals surface area contributed by atoms with E-state index in [4.69, 9.17) is 0 Å². The van der Waals surface area contributed by atoms with Crippen molar-refractivity contribution in [3.8, 4) is 0 Å². The number of hydrogen-bond acceptors (Lipinski definition) is 1. The van der Waals surface area contributed by atoms with Crippen molar-refractivity contribution in [2.75, 3.05) is 0 Å². The fraction of sp³-hybridized carbons (Fsp3) is 0.231. The smallest absolute Gasteiger partial charge is 0.0485 e. The van der Waals surface area contributed by atoms with Crippen LogP contribution in [0.15, 0.2) is 24.3 Å². The van der Waals surface area contributed by atoms with Crippen molar-refractivity contribution in [3.63, 3.8) is 0 Å². The summed E-state index contributed by atoms with van der Waals surface area (Å²) in [7, 11) is 0. The first-order valence-corrected chi connectivity index (χ1v) is 7.04. The van der Waals surface area contributed by atoms with E-state index in [9.17, 15) is 0 Å². The standard InChI is InChI=1S/C13H11IS/c1-8-4-2-5-9-10-6-3-7-11(14)13(10)15-12(8)9/h2-3,5-8H,4H2,1H3. The van der Waals surface area contributed by atoms with E-state index in [1.807, 2.05) is 11.3 Å². The summed E-state index contributed by atoms with van der Waals surface area (Å²) < 4.78 is 2.84. The lowest BCUT2D eigenvalue weighted by Crippen LogP contribution is -1.94. The van der Waals surface area contributed by atoms with Crippen molar-refractivity contribution in [1.29, 1.82) is 0 Å². The van der Waals surface area contributed by atoms with Crippen LogP contribution in [0.4, 0.5) is 0 Å². The normalized spacial score (nSPS) is 19.5. The second-order valence-electron chi connectivity index (χ2n) is 4.04. The molecule has 0 aliphatic heterocycles. The van der Waals surface area contributed by atoms with Crippen LogP contribution in [-0.4, -0.2) is 0 Å². The zero-order chi connectivity index (χ0) is 10.4. The topological polar surface area (TPSA) is 0 Å². The molecule has 1 atom stereocenters. The molecule has 1 aromatic carbocycles. The number of halogens is 1. The average molecular weight is 326 g/mol. The van der Waals surface area contributed by atoms with Crippen molar-refractivity contribution in [2.24, 2.45) is 0 Å². The maximum absolute atomic E-state index is 2.43. The highest BCUT2D eigenvalue weighted by Crippen LogP contribution is 2.42. The number of benzene rings is 1. The van der Waals surface area contributed by atoms with Crippen LogP contribution in [0.3, 0.4) is 0 Å². The molecule has 0 spiro atoms. The maximum Gasteiger partial charge on any atom is 0.0485 e. The van der Waals surface area contributed by atoms with Crippen LogP contribution in [0.25, 0.3) is 16.2 Å². The minimum Gasteiger partial charge on any atom is -0.138 e. The molecule has 0 N–H and O–H groups in total. The van der Waals surface area contributed by atoms with Crippen LogP contribution >= 0.6 is 33.9 Å². The molecule has 0 radical (unpaired) electrons. The fourth-order valence-corrected chi connectivity index (χ4v) is 4.24. The van der Waals surface area contributed by atoms with Gasteiger partial charge in [-0.05, 0) is 46.6 Å². The molecular weight excluding hydrogens is 315 g/mol. The summed E-state index contributed by atoms with van der Waals surface area (Å²) in [6.45, 7) is 2.32. The molecule has 3 rings (SSSR count). The first-order chi connectivity index (χ1) is 7.27. The molecule has 0 amide bonds. The molecule has 1 aliphatic carbocycles. The van der Waals surface area contributed by atoms with E-state index < -0.39 is 0 Å². The Balaban J connectivity index is 2.41. The highest BCUT2D eigenvalue weighted by molar-refractivity contribution is 14.1. The van der Waals surface area contributed by atoms with Crippen molar-refractivity contribution < 1.29 is 0 Å². The Morgan fingerprint density at radius 2 is 2.27 bits per heavy atom. The van der Waals surface area contributed by atoms with Gasteiger partial charge in [0.15, 0.2) is 0 Å². The summed E-state index contributed by atoms with van der Waals surface area (Å²) in [6, 6.07) is 6.60. The quantitative estimate of drug-likeness (QED) is 0.596. The number of allylic oxidation sites excluding steroid dienone is 1. The Bertz CT molecular complexity index is 551. The van der Waals surface area contributed by atoms with E-state index in [1.54, 1.807) is 4.88 Å². The van der Waals surface area contributed by atoms with Gasteiger partial charge in [0.05, 0.1) is 0 Å². The van der Waals surface area contributed by atoms with E-state index in [-0.39, 0.29) is 0 Å². The van der Waals surface area contributed by atoms with E-state index >= 15 is 0 Å². The molecule has 1 unspecified atom stereocenters. The lowest BCUT2D eigenvalue weighted by atomic mass is 9.95. The third-order valence-electron chi connectivity index (χ3n) is 2.96. The van der Waals surface area contributed by atoms with Crippen LogP contribution in [-0.2, 0) is 0 Å². The second-order valence-corrected chi connectivity index (χ2v) is 6.25. The molecule has 2 aromatic rings. The van der Waals surface area contributed by atoms with Crippen molar-refractivity contribution in [3.05, 3.63) is 38.3 Å². The average Bonchev–Trinajstić information content (AvgIpc) is 2.60. The minimum atomic E-state index is 0.693. The van der Waals surface area contributed by atoms with Crippen molar-refractivity contribution >= 4 is 50.1 Å². The number of thiophene rings is 1. The molecule has 2 heteroatoms. The Kier molecular flexibility index (Phi) is 2.36. The predicted molar refractivity (Wildman–Crippen MR) is 76.6 cm³/mol. The largest absolute Gasteiger partial charge is 0.138 e. The first-order valence-electron chi connectivity index (χ1n) is 5.15. The summed E-state index contributed by atoms with van der Waals surface area (Å²) in [4.78, 5) is 1.57. The van der Waals surface area contributed by atoms with Gasteiger partial charge in [-0.15, -0.1) is 11.3 Å². The van der Waals surface area contributed by atoms with Gasteiger partial charge in [0.2, 0.25) is 0 Å². The number of rotatable bonds is 0. The molecule has 1 aliphatic rings. The number of fused-ring (bicyclic) bond motifs is 3. The molecule has 0 nitrogen and oxygen atoms in total. The summed E-state index contributed by atoms with van der Waals surface area (Å²) in [5, 5.41) is 1.43. The highest BCUT2D eigenvalue weighted by atomic mass is 127. The second kappa shape index (κ2) is 3.59. The van der Waals surface area contributed by atoms with Crippen LogP contribution in [0, 0.1) is 3.57 Å². The van der Waals surface area contributed by atoms with Gasteiger partial charge in [-0.25, -0.2) is 0 Å². The molecule has 0 bridgehead atoms. The van der Waals surface area contributed by atoms with Crippen molar-refractivity contribution in [1.82, 2.24) is 0 Å². The van der Waals surface area contributed by atoms with Crippen molar-refractivity contribution in [2.45, 2.75) is 19.3 Å². The minimum absolute atomic E-state index is 0.693. The van der Waals surface area contributed by atoms with E-state index in [0.717, 1.165) is 0 Å².